The lowest BCUT2D eigenvalue weighted by Gasteiger charge is -2.04. The van der Waals surface area contributed by atoms with Gasteiger partial charge in [-0.15, -0.1) is 0 Å². The molecule has 0 aliphatic rings. The number of rotatable bonds is 4. The Bertz CT molecular complexity index is 334. The molecule has 0 fully saturated rings. The standard InChI is InChI=1S/C8H14N4OS/c1-12(2)8-11-7(13-3)5(14-8)4-6(9)10/h4H2,1-3H3,(H3,9,10). The summed E-state index contributed by atoms with van der Waals surface area (Å²) in [4.78, 5) is 7.04. The first-order valence-electron chi connectivity index (χ1n) is 4.08. The van der Waals surface area contributed by atoms with E-state index in [2.05, 4.69) is 4.98 Å². The van der Waals surface area contributed by atoms with Gasteiger partial charge in [0.2, 0.25) is 5.88 Å². The maximum absolute atomic E-state index is 7.21. The highest BCUT2D eigenvalue weighted by Crippen LogP contribution is 2.30. The molecule has 0 amide bonds. The summed E-state index contributed by atoms with van der Waals surface area (Å²) in [5.74, 6) is 0.686. The van der Waals surface area contributed by atoms with Gasteiger partial charge in [0.25, 0.3) is 0 Å². The van der Waals surface area contributed by atoms with Gasteiger partial charge in [-0.3, -0.25) is 5.41 Å². The third-order valence-electron chi connectivity index (χ3n) is 1.58. The monoisotopic (exact) mass is 214 g/mol. The highest BCUT2D eigenvalue weighted by Gasteiger charge is 2.13. The molecule has 0 radical (unpaired) electrons. The van der Waals surface area contributed by atoms with Crippen LogP contribution in [-0.2, 0) is 6.42 Å². The fourth-order valence-corrected chi connectivity index (χ4v) is 1.94. The van der Waals surface area contributed by atoms with Crippen LogP contribution in [0.5, 0.6) is 5.88 Å². The molecule has 0 unspecified atom stereocenters. The van der Waals surface area contributed by atoms with Crippen LogP contribution in [0.15, 0.2) is 0 Å². The molecule has 6 heteroatoms. The van der Waals surface area contributed by atoms with Crippen LogP contribution in [0.1, 0.15) is 4.88 Å². The van der Waals surface area contributed by atoms with Crippen molar-refractivity contribution in [3.63, 3.8) is 0 Å². The molecule has 5 nitrogen and oxygen atoms in total. The Hall–Kier alpha value is -1.30. The number of amidine groups is 1. The summed E-state index contributed by atoms with van der Waals surface area (Å²) in [5, 5.41) is 8.07. The number of nitrogens with zero attached hydrogens (tertiary/aromatic N) is 2. The van der Waals surface area contributed by atoms with Gasteiger partial charge in [0, 0.05) is 20.5 Å². The van der Waals surface area contributed by atoms with E-state index in [-0.39, 0.29) is 5.84 Å². The summed E-state index contributed by atoms with van der Waals surface area (Å²) in [6.45, 7) is 0. The Balaban J connectivity index is 2.96. The van der Waals surface area contributed by atoms with Gasteiger partial charge < -0.3 is 15.4 Å². The molecule has 0 saturated heterocycles. The van der Waals surface area contributed by atoms with Gasteiger partial charge in [-0.25, -0.2) is 0 Å². The third-order valence-corrected chi connectivity index (χ3v) is 2.78. The van der Waals surface area contributed by atoms with Crippen molar-refractivity contribution >= 4 is 22.3 Å². The predicted molar refractivity (Wildman–Crippen MR) is 58.6 cm³/mol. The Morgan fingerprint density at radius 2 is 2.29 bits per heavy atom. The molecule has 0 aromatic carbocycles. The number of nitrogens with two attached hydrogens (primary N) is 1. The number of ether oxygens (including phenoxy) is 1. The van der Waals surface area contributed by atoms with Crippen molar-refractivity contribution < 1.29 is 4.74 Å². The SMILES string of the molecule is COc1nc(N(C)C)sc1CC(=N)N. The zero-order valence-electron chi connectivity index (χ0n) is 8.50. The molecular weight excluding hydrogens is 200 g/mol. The summed E-state index contributed by atoms with van der Waals surface area (Å²) in [6.07, 6.45) is 0.397. The van der Waals surface area contributed by atoms with Crippen LogP contribution in [0.4, 0.5) is 5.13 Å². The first kappa shape index (κ1) is 10.8. The van der Waals surface area contributed by atoms with Crippen molar-refractivity contribution in [2.45, 2.75) is 6.42 Å². The minimum Gasteiger partial charge on any atom is -0.480 e. The second kappa shape index (κ2) is 4.28. The fraction of sp³-hybridized carbons (Fsp3) is 0.500. The van der Waals surface area contributed by atoms with E-state index in [1.165, 1.54) is 11.3 Å². The molecule has 0 aliphatic carbocycles. The topological polar surface area (TPSA) is 75.2 Å². The zero-order chi connectivity index (χ0) is 10.7. The van der Waals surface area contributed by atoms with Crippen LogP contribution in [-0.4, -0.2) is 32.0 Å². The van der Waals surface area contributed by atoms with Gasteiger partial charge in [-0.05, 0) is 0 Å². The molecule has 1 rings (SSSR count). The van der Waals surface area contributed by atoms with Crippen LogP contribution in [0.25, 0.3) is 0 Å². The van der Waals surface area contributed by atoms with Crippen LogP contribution >= 0.6 is 11.3 Å². The highest BCUT2D eigenvalue weighted by atomic mass is 32.1. The van der Waals surface area contributed by atoms with Crippen LogP contribution in [0.3, 0.4) is 0 Å². The maximum Gasteiger partial charge on any atom is 0.229 e. The van der Waals surface area contributed by atoms with Crippen molar-refractivity contribution in [1.29, 1.82) is 5.41 Å². The maximum atomic E-state index is 7.21. The first-order chi connectivity index (χ1) is 6.54. The summed E-state index contributed by atoms with van der Waals surface area (Å²) in [7, 11) is 5.39. The lowest BCUT2D eigenvalue weighted by Crippen LogP contribution is -2.12. The smallest absolute Gasteiger partial charge is 0.229 e. The third kappa shape index (κ3) is 2.35. The van der Waals surface area contributed by atoms with Crippen LogP contribution in [0.2, 0.25) is 0 Å². The number of thiazole rings is 1. The quantitative estimate of drug-likeness (QED) is 0.571. The summed E-state index contributed by atoms with van der Waals surface area (Å²) in [5.41, 5.74) is 5.33. The van der Waals surface area contributed by atoms with Crippen LogP contribution < -0.4 is 15.4 Å². The van der Waals surface area contributed by atoms with Gasteiger partial charge in [-0.1, -0.05) is 11.3 Å². The number of methoxy groups -OCH3 is 1. The van der Waals surface area contributed by atoms with Crippen LogP contribution in [0, 0.1) is 5.41 Å². The van der Waals surface area contributed by atoms with Crippen molar-refractivity contribution in [1.82, 2.24) is 4.98 Å². The molecule has 78 valence electrons. The molecule has 14 heavy (non-hydrogen) atoms. The number of nitrogens with one attached hydrogen (secondary N) is 1. The fourth-order valence-electron chi connectivity index (χ4n) is 0.961. The van der Waals surface area contributed by atoms with Gasteiger partial charge in [0.15, 0.2) is 5.13 Å². The molecule has 1 heterocycles. The number of anilines is 1. The van der Waals surface area contributed by atoms with Gasteiger partial charge in [-0.2, -0.15) is 4.98 Å². The Labute approximate surface area is 87.0 Å². The lowest BCUT2D eigenvalue weighted by atomic mass is 10.3. The van der Waals surface area contributed by atoms with E-state index in [0.717, 1.165) is 10.0 Å². The molecule has 0 atom stereocenters. The van der Waals surface area contributed by atoms with E-state index < -0.39 is 0 Å². The Kier molecular flexibility index (Phi) is 3.29. The summed E-state index contributed by atoms with van der Waals surface area (Å²) < 4.78 is 5.10. The normalized spacial score (nSPS) is 9.93. The number of hydrogen-bond donors (Lipinski definition) is 2. The van der Waals surface area contributed by atoms with Gasteiger partial charge in [0.1, 0.15) is 0 Å². The molecule has 0 saturated carbocycles. The van der Waals surface area contributed by atoms with E-state index in [4.69, 9.17) is 15.9 Å². The molecular formula is C8H14N4OS. The van der Waals surface area contributed by atoms with Gasteiger partial charge >= 0.3 is 0 Å². The minimum atomic E-state index is 0.122. The van der Waals surface area contributed by atoms with E-state index in [9.17, 15) is 0 Å². The van der Waals surface area contributed by atoms with Gasteiger partial charge in [0.05, 0.1) is 17.8 Å². The molecule has 0 bridgehead atoms. The van der Waals surface area contributed by atoms with Crippen molar-refractivity contribution in [3.05, 3.63) is 4.88 Å². The molecule has 1 aromatic rings. The minimum absolute atomic E-state index is 0.122. The average molecular weight is 214 g/mol. The van der Waals surface area contributed by atoms with E-state index in [1.54, 1.807) is 7.11 Å². The highest BCUT2D eigenvalue weighted by molar-refractivity contribution is 7.16. The Morgan fingerprint density at radius 1 is 1.64 bits per heavy atom. The molecule has 3 N–H and O–H groups in total. The van der Waals surface area contributed by atoms with E-state index in [1.807, 2.05) is 19.0 Å². The first-order valence-corrected chi connectivity index (χ1v) is 4.90. The number of hydrogen-bond acceptors (Lipinski definition) is 5. The van der Waals surface area contributed by atoms with Crippen molar-refractivity contribution in [3.8, 4) is 5.88 Å². The largest absolute Gasteiger partial charge is 0.480 e. The average Bonchev–Trinajstić information content (AvgIpc) is 2.46. The molecule has 1 aromatic heterocycles. The predicted octanol–water partition coefficient (Wildman–Crippen LogP) is 0.696. The lowest BCUT2D eigenvalue weighted by molar-refractivity contribution is 0.397. The number of aromatic nitrogens is 1. The second-order valence-electron chi connectivity index (χ2n) is 3.03. The summed E-state index contributed by atoms with van der Waals surface area (Å²) >= 11 is 1.49. The van der Waals surface area contributed by atoms with E-state index >= 15 is 0 Å². The molecule has 0 spiro atoms. The zero-order valence-corrected chi connectivity index (χ0v) is 9.31. The second-order valence-corrected chi connectivity index (χ2v) is 4.09. The Morgan fingerprint density at radius 3 is 2.71 bits per heavy atom. The molecule has 0 aliphatic heterocycles. The van der Waals surface area contributed by atoms with Crippen molar-refractivity contribution in [2.75, 3.05) is 26.1 Å². The van der Waals surface area contributed by atoms with Crippen molar-refractivity contribution in [2.24, 2.45) is 5.73 Å². The van der Waals surface area contributed by atoms with E-state index in [0.29, 0.717) is 12.3 Å². The summed E-state index contributed by atoms with van der Waals surface area (Å²) in [6, 6.07) is 0.